The Bertz CT molecular complexity index is 605. The first kappa shape index (κ1) is 14.7. The van der Waals surface area contributed by atoms with Crippen molar-refractivity contribution >= 4 is 15.9 Å². The maximum absolute atomic E-state index is 5.38. The first-order valence-electron chi connectivity index (χ1n) is 7.55. The number of halogens is 1. The summed E-state index contributed by atoms with van der Waals surface area (Å²) in [5.41, 5.74) is 2.18. The first-order valence-corrected chi connectivity index (χ1v) is 8.34. The van der Waals surface area contributed by atoms with E-state index in [9.17, 15) is 0 Å². The highest BCUT2D eigenvalue weighted by Crippen LogP contribution is 2.24. The molecule has 1 aromatic carbocycles. The molecule has 4 nitrogen and oxygen atoms in total. The lowest BCUT2D eigenvalue weighted by atomic mass is 10.0. The molecule has 3 rings (SSSR count). The summed E-state index contributed by atoms with van der Waals surface area (Å²) in [5.74, 6) is 1.40. The van der Waals surface area contributed by atoms with Gasteiger partial charge in [-0.2, -0.15) is 4.98 Å². The number of benzene rings is 1. The minimum absolute atomic E-state index is 0.600. The fourth-order valence-corrected chi connectivity index (χ4v) is 3.05. The van der Waals surface area contributed by atoms with Crippen LogP contribution in [-0.4, -0.2) is 22.7 Å². The Hall–Kier alpha value is -1.20. The number of aryl methyl sites for hydroxylation is 2. The quantitative estimate of drug-likeness (QED) is 0.909. The molecule has 1 aliphatic heterocycles. The molecule has 5 heteroatoms. The number of hydrogen-bond acceptors (Lipinski definition) is 4. The highest BCUT2D eigenvalue weighted by molar-refractivity contribution is 9.10. The molecule has 2 heterocycles. The van der Waals surface area contributed by atoms with E-state index in [4.69, 9.17) is 4.52 Å². The molecule has 21 heavy (non-hydrogen) atoms. The molecule has 0 aliphatic carbocycles. The first-order chi connectivity index (χ1) is 10.2. The lowest BCUT2D eigenvalue weighted by Gasteiger charge is -2.22. The Labute approximate surface area is 133 Å². The molecule has 1 aliphatic rings. The largest absolute Gasteiger partial charge is 0.339 e. The predicted molar refractivity (Wildman–Crippen MR) is 86.1 cm³/mol. The SMILES string of the molecule is Cc1ccc(-c2noc(CC[C@@H]3CCCCN3)n2)cc1Br. The summed E-state index contributed by atoms with van der Waals surface area (Å²) in [5, 5.41) is 7.64. The third-order valence-electron chi connectivity index (χ3n) is 4.02. The third kappa shape index (κ3) is 3.71. The molecule has 0 amide bonds. The van der Waals surface area contributed by atoms with Gasteiger partial charge in [-0.05, 0) is 44.4 Å². The van der Waals surface area contributed by atoms with Gasteiger partial charge in [0.15, 0.2) is 0 Å². The van der Waals surface area contributed by atoms with Gasteiger partial charge in [0.1, 0.15) is 0 Å². The second-order valence-electron chi connectivity index (χ2n) is 5.66. The molecule has 1 saturated heterocycles. The van der Waals surface area contributed by atoms with Crippen LogP contribution in [0, 0.1) is 6.92 Å². The van der Waals surface area contributed by atoms with E-state index in [1.165, 1.54) is 24.8 Å². The van der Waals surface area contributed by atoms with E-state index in [0.29, 0.717) is 11.9 Å². The number of aromatic nitrogens is 2. The summed E-state index contributed by atoms with van der Waals surface area (Å²) >= 11 is 3.54. The lowest BCUT2D eigenvalue weighted by Crippen LogP contribution is -2.34. The number of rotatable bonds is 4. The van der Waals surface area contributed by atoms with Crippen molar-refractivity contribution in [2.45, 2.75) is 45.1 Å². The summed E-state index contributed by atoms with van der Waals surface area (Å²) in [6.45, 7) is 3.20. The molecule has 0 bridgehead atoms. The topological polar surface area (TPSA) is 51.0 Å². The van der Waals surface area contributed by atoms with Gasteiger partial charge in [-0.15, -0.1) is 0 Å². The summed E-state index contributed by atoms with van der Waals surface area (Å²) < 4.78 is 6.44. The van der Waals surface area contributed by atoms with Crippen molar-refractivity contribution in [3.8, 4) is 11.4 Å². The summed E-state index contributed by atoms with van der Waals surface area (Å²) in [7, 11) is 0. The van der Waals surface area contributed by atoms with Gasteiger partial charge in [0.05, 0.1) is 0 Å². The Morgan fingerprint density at radius 3 is 3.05 bits per heavy atom. The van der Waals surface area contributed by atoms with Crippen LogP contribution >= 0.6 is 15.9 Å². The average Bonchev–Trinajstić information content (AvgIpc) is 2.98. The van der Waals surface area contributed by atoms with Crippen LogP contribution in [0.3, 0.4) is 0 Å². The van der Waals surface area contributed by atoms with Crippen molar-refractivity contribution in [3.05, 3.63) is 34.1 Å². The van der Waals surface area contributed by atoms with Crippen LogP contribution in [0.1, 0.15) is 37.1 Å². The summed E-state index contributed by atoms with van der Waals surface area (Å²) in [6, 6.07) is 6.72. The van der Waals surface area contributed by atoms with Crippen LogP contribution in [0.4, 0.5) is 0 Å². The summed E-state index contributed by atoms with van der Waals surface area (Å²) in [4.78, 5) is 4.51. The molecule has 0 unspecified atom stereocenters. The van der Waals surface area contributed by atoms with Crippen molar-refractivity contribution in [2.24, 2.45) is 0 Å². The molecular formula is C16H20BrN3O. The van der Waals surface area contributed by atoms with E-state index in [-0.39, 0.29) is 0 Å². The minimum atomic E-state index is 0.600. The third-order valence-corrected chi connectivity index (χ3v) is 4.87. The molecule has 1 N–H and O–H groups in total. The molecule has 1 aromatic heterocycles. The van der Waals surface area contributed by atoms with Crippen molar-refractivity contribution in [1.82, 2.24) is 15.5 Å². The molecule has 1 fully saturated rings. The van der Waals surface area contributed by atoms with Gasteiger partial charge in [0, 0.05) is 22.5 Å². The Morgan fingerprint density at radius 2 is 2.29 bits per heavy atom. The van der Waals surface area contributed by atoms with Gasteiger partial charge in [-0.3, -0.25) is 0 Å². The van der Waals surface area contributed by atoms with E-state index in [2.05, 4.69) is 44.4 Å². The van der Waals surface area contributed by atoms with Gasteiger partial charge in [0.2, 0.25) is 11.7 Å². The molecule has 2 aromatic rings. The van der Waals surface area contributed by atoms with Crippen LogP contribution in [0.5, 0.6) is 0 Å². The van der Waals surface area contributed by atoms with Crippen LogP contribution in [0.15, 0.2) is 27.2 Å². The van der Waals surface area contributed by atoms with Gasteiger partial charge in [-0.25, -0.2) is 0 Å². The van der Waals surface area contributed by atoms with E-state index in [0.717, 1.165) is 35.3 Å². The predicted octanol–water partition coefficient (Wildman–Crippen LogP) is 3.88. The van der Waals surface area contributed by atoms with Crippen LogP contribution in [0.25, 0.3) is 11.4 Å². The molecule has 0 radical (unpaired) electrons. The van der Waals surface area contributed by atoms with Gasteiger partial charge in [0.25, 0.3) is 0 Å². The van der Waals surface area contributed by atoms with E-state index >= 15 is 0 Å². The average molecular weight is 350 g/mol. The Kier molecular flexibility index (Phi) is 4.70. The molecule has 0 spiro atoms. The van der Waals surface area contributed by atoms with Crippen molar-refractivity contribution < 1.29 is 4.52 Å². The highest BCUT2D eigenvalue weighted by atomic mass is 79.9. The fourth-order valence-electron chi connectivity index (χ4n) is 2.67. The lowest BCUT2D eigenvalue weighted by molar-refractivity contribution is 0.342. The number of hydrogen-bond donors (Lipinski definition) is 1. The Morgan fingerprint density at radius 1 is 1.38 bits per heavy atom. The highest BCUT2D eigenvalue weighted by Gasteiger charge is 2.15. The van der Waals surface area contributed by atoms with Crippen LogP contribution in [0.2, 0.25) is 0 Å². The molecule has 0 saturated carbocycles. The zero-order chi connectivity index (χ0) is 14.7. The minimum Gasteiger partial charge on any atom is -0.339 e. The number of piperidine rings is 1. The smallest absolute Gasteiger partial charge is 0.227 e. The van der Waals surface area contributed by atoms with Gasteiger partial charge >= 0.3 is 0 Å². The van der Waals surface area contributed by atoms with Crippen molar-refractivity contribution in [2.75, 3.05) is 6.54 Å². The zero-order valence-electron chi connectivity index (χ0n) is 12.2. The van der Waals surface area contributed by atoms with E-state index in [1.54, 1.807) is 0 Å². The molecular weight excluding hydrogens is 330 g/mol. The number of nitrogens with zero attached hydrogens (tertiary/aromatic N) is 2. The van der Waals surface area contributed by atoms with Crippen LogP contribution in [-0.2, 0) is 6.42 Å². The van der Waals surface area contributed by atoms with Gasteiger partial charge in [-0.1, -0.05) is 39.6 Å². The second-order valence-corrected chi connectivity index (χ2v) is 6.52. The number of nitrogens with one attached hydrogen (secondary N) is 1. The zero-order valence-corrected chi connectivity index (χ0v) is 13.8. The summed E-state index contributed by atoms with van der Waals surface area (Å²) in [6.07, 6.45) is 5.79. The maximum Gasteiger partial charge on any atom is 0.227 e. The van der Waals surface area contributed by atoms with E-state index < -0.39 is 0 Å². The molecule has 1 atom stereocenters. The van der Waals surface area contributed by atoms with Crippen LogP contribution < -0.4 is 5.32 Å². The second kappa shape index (κ2) is 6.71. The van der Waals surface area contributed by atoms with Crippen molar-refractivity contribution in [1.29, 1.82) is 0 Å². The molecule has 112 valence electrons. The normalized spacial score (nSPS) is 18.9. The monoisotopic (exact) mass is 349 g/mol. The fraction of sp³-hybridized carbons (Fsp3) is 0.500. The Balaban J connectivity index is 1.63. The standard InChI is InChI=1S/C16H20BrN3O/c1-11-5-6-12(10-14(11)17)16-19-15(21-20-16)8-7-13-4-2-3-9-18-13/h5-6,10,13,18H,2-4,7-9H2,1H3/t13-/m0/s1. The van der Waals surface area contributed by atoms with E-state index in [1.807, 2.05) is 12.1 Å². The maximum atomic E-state index is 5.38. The van der Waals surface area contributed by atoms with Gasteiger partial charge < -0.3 is 9.84 Å². The van der Waals surface area contributed by atoms with Crippen molar-refractivity contribution in [3.63, 3.8) is 0 Å².